The summed E-state index contributed by atoms with van der Waals surface area (Å²) >= 11 is 0. The van der Waals surface area contributed by atoms with Crippen LogP contribution in [0.15, 0.2) is 76.7 Å². The van der Waals surface area contributed by atoms with Crippen molar-refractivity contribution in [3.05, 3.63) is 117 Å². The van der Waals surface area contributed by atoms with Crippen molar-refractivity contribution in [3.8, 4) is 17.2 Å². The lowest BCUT2D eigenvalue weighted by Gasteiger charge is -2.18. The molecule has 0 atom stereocenters. The van der Waals surface area contributed by atoms with Crippen molar-refractivity contribution in [2.75, 3.05) is 6.26 Å². The highest BCUT2D eigenvalue weighted by Crippen LogP contribution is 2.31. The van der Waals surface area contributed by atoms with E-state index in [2.05, 4.69) is 10.3 Å². The number of nitriles is 1. The molecule has 216 valence electrons. The van der Waals surface area contributed by atoms with Crippen LogP contribution in [0.4, 0.5) is 17.6 Å². The third kappa shape index (κ3) is 6.55. The van der Waals surface area contributed by atoms with Crippen LogP contribution in [0.5, 0.6) is 0 Å². The second-order valence-corrected chi connectivity index (χ2v) is 11.4. The van der Waals surface area contributed by atoms with Crippen molar-refractivity contribution in [1.82, 2.24) is 14.9 Å². The number of sulfone groups is 1. The molecule has 0 radical (unpaired) electrons. The van der Waals surface area contributed by atoms with Crippen molar-refractivity contribution in [3.63, 3.8) is 0 Å². The fraction of sp³-hybridized carbons (Fsp3) is 0.172. The lowest BCUT2D eigenvalue weighted by molar-refractivity contribution is -0.141. The number of amides is 1. The van der Waals surface area contributed by atoms with E-state index < -0.39 is 38.9 Å². The summed E-state index contributed by atoms with van der Waals surface area (Å²) in [5.41, 5.74) is -1.83. The first-order valence-electron chi connectivity index (χ1n) is 12.2. The van der Waals surface area contributed by atoms with Gasteiger partial charge in [-0.25, -0.2) is 12.8 Å². The van der Waals surface area contributed by atoms with Gasteiger partial charge in [0.2, 0.25) is 5.43 Å². The second kappa shape index (κ2) is 11.6. The molecule has 0 fully saturated rings. The summed E-state index contributed by atoms with van der Waals surface area (Å²) in [7, 11) is -3.43. The highest BCUT2D eigenvalue weighted by molar-refractivity contribution is 7.90. The van der Waals surface area contributed by atoms with Crippen LogP contribution in [0.2, 0.25) is 0 Å². The van der Waals surface area contributed by atoms with E-state index in [0.29, 0.717) is 17.2 Å². The molecule has 0 aliphatic heterocycles. The van der Waals surface area contributed by atoms with Crippen molar-refractivity contribution < 1.29 is 30.8 Å². The zero-order chi connectivity index (χ0) is 30.8. The number of aromatic nitrogens is 2. The van der Waals surface area contributed by atoms with Crippen LogP contribution in [0.25, 0.3) is 11.1 Å². The Balaban J connectivity index is 1.77. The molecule has 4 rings (SSSR count). The van der Waals surface area contributed by atoms with E-state index in [1.54, 1.807) is 6.07 Å². The maximum absolute atomic E-state index is 14.3. The summed E-state index contributed by atoms with van der Waals surface area (Å²) in [5.74, 6) is -1.61. The van der Waals surface area contributed by atoms with E-state index in [9.17, 15) is 35.6 Å². The Morgan fingerprint density at radius 3 is 2.33 bits per heavy atom. The van der Waals surface area contributed by atoms with Crippen LogP contribution >= 0.6 is 0 Å². The Morgan fingerprint density at radius 2 is 1.74 bits per heavy atom. The molecule has 0 aliphatic carbocycles. The minimum absolute atomic E-state index is 0.0772. The van der Waals surface area contributed by atoms with E-state index in [-0.39, 0.29) is 45.9 Å². The van der Waals surface area contributed by atoms with Gasteiger partial charge in [-0.2, -0.15) is 18.4 Å². The molecule has 42 heavy (non-hydrogen) atoms. The molecule has 0 aliphatic rings. The van der Waals surface area contributed by atoms with Crippen molar-refractivity contribution in [2.45, 2.75) is 31.1 Å². The van der Waals surface area contributed by atoms with Gasteiger partial charge in [0, 0.05) is 43.0 Å². The molecule has 0 spiro atoms. The third-order valence-electron chi connectivity index (χ3n) is 6.44. The predicted octanol–water partition coefficient (Wildman–Crippen LogP) is 4.63. The Bertz CT molecular complexity index is 1900. The molecule has 0 unspecified atom stereocenters. The number of carbonyl (C=O) groups excluding carboxylic acids is 1. The van der Waals surface area contributed by atoms with Gasteiger partial charge in [0.1, 0.15) is 23.1 Å². The Hall–Kier alpha value is -4.83. The first-order chi connectivity index (χ1) is 19.7. The van der Waals surface area contributed by atoms with Gasteiger partial charge in [-0.1, -0.05) is 18.2 Å². The molecule has 1 N–H and O–H groups in total. The van der Waals surface area contributed by atoms with Gasteiger partial charge in [-0.3, -0.25) is 14.6 Å². The quantitative estimate of drug-likeness (QED) is 0.310. The lowest BCUT2D eigenvalue weighted by Crippen LogP contribution is -2.31. The average Bonchev–Trinajstić information content (AvgIpc) is 2.93. The van der Waals surface area contributed by atoms with Gasteiger partial charge in [0.25, 0.3) is 5.91 Å². The monoisotopic (exact) mass is 598 g/mol. The van der Waals surface area contributed by atoms with Crippen LogP contribution in [-0.4, -0.2) is 30.1 Å². The molecule has 0 saturated heterocycles. The fourth-order valence-electron chi connectivity index (χ4n) is 4.24. The minimum atomic E-state index is -4.79. The van der Waals surface area contributed by atoms with Crippen LogP contribution < -0.4 is 10.7 Å². The van der Waals surface area contributed by atoms with Crippen LogP contribution in [0.1, 0.15) is 38.4 Å². The van der Waals surface area contributed by atoms with Gasteiger partial charge in [-0.05, 0) is 60.0 Å². The lowest BCUT2D eigenvalue weighted by atomic mass is 10.0. The molecule has 2 aromatic carbocycles. The molecule has 2 aromatic heterocycles. The maximum Gasteiger partial charge on any atom is 0.433 e. The van der Waals surface area contributed by atoms with Gasteiger partial charge in [0.05, 0.1) is 10.5 Å². The second-order valence-electron chi connectivity index (χ2n) is 9.41. The van der Waals surface area contributed by atoms with Crippen LogP contribution in [0.3, 0.4) is 0 Å². The van der Waals surface area contributed by atoms with E-state index in [0.717, 1.165) is 18.5 Å². The third-order valence-corrected chi connectivity index (χ3v) is 7.57. The summed E-state index contributed by atoms with van der Waals surface area (Å²) in [6.07, 6.45) is -1.60. The number of carbonyl (C=O) groups is 1. The molecule has 0 bridgehead atoms. The topological polar surface area (TPSA) is 122 Å². The van der Waals surface area contributed by atoms with Gasteiger partial charge < -0.3 is 9.88 Å². The first kappa shape index (κ1) is 30.1. The number of benzene rings is 2. The van der Waals surface area contributed by atoms with Crippen molar-refractivity contribution in [1.29, 1.82) is 5.26 Å². The normalized spacial score (nSPS) is 11.6. The molecule has 13 heteroatoms. The van der Waals surface area contributed by atoms with E-state index in [1.165, 1.54) is 60.2 Å². The van der Waals surface area contributed by atoms with Crippen LogP contribution in [0, 0.1) is 24.1 Å². The predicted molar refractivity (Wildman–Crippen MR) is 145 cm³/mol. The van der Waals surface area contributed by atoms with Gasteiger partial charge in [-0.15, -0.1) is 0 Å². The number of pyridine rings is 2. The molecule has 1 amide bonds. The number of halogens is 4. The van der Waals surface area contributed by atoms with E-state index >= 15 is 0 Å². The number of nitrogens with one attached hydrogen (secondary N) is 1. The molecule has 8 nitrogen and oxygen atoms in total. The largest absolute Gasteiger partial charge is 0.433 e. The van der Waals surface area contributed by atoms with Crippen molar-refractivity contribution >= 4 is 15.7 Å². The molecule has 0 saturated carbocycles. The zero-order valence-electron chi connectivity index (χ0n) is 22.2. The summed E-state index contributed by atoms with van der Waals surface area (Å²) in [6, 6.07) is 13.2. The molecule has 2 heterocycles. The summed E-state index contributed by atoms with van der Waals surface area (Å²) in [5, 5.41) is 11.6. The zero-order valence-corrected chi connectivity index (χ0v) is 23.0. The average molecular weight is 599 g/mol. The van der Waals surface area contributed by atoms with Crippen molar-refractivity contribution in [2.24, 2.45) is 0 Å². The highest BCUT2D eigenvalue weighted by atomic mass is 32.2. The number of rotatable bonds is 7. The SMILES string of the molecule is Cc1c(-c2ccnc(C(F)(F)F)c2)c(=O)c(C(=O)NCc2ccc(S(C)(=O)=O)cc2)cn1Cc1ccc(C#N)c(F)c1. The molecular weight excluding hydrogens is 576 g/mol. The first-order valence-corrected chi connectivity index (χ1v) is 14.1. The highest BCUT2D eigenvalue weighted by Gasteiger charge is 2.33. The van der Waals surface area contributed by atoms with E-state index in [1.807, 2.05) is 0 Å². The standard InChI is InChI=1S/C29H22F4N4O4S/c1-17-26(20-9-10-35-25(12-20)29(31,32)33)27(38)23(16-37(17)15-19-3-6-21(13-34)24(30)11-19)28(39)36-14-18-4-7-22(8-5-18)42(2,40)41/h3-12,16H,14-15H2,1-2H3,(H,36,39). The number of hydrogen-bond donors (Lipinski definition) is 1. The Labute approximate surface area is 237 Å². The summed E-state index contributed by atoms with van der Waals surface area (Å²) in [4.78, 5) is 30.2. The fourth-order valence-corrected chi connectivity index (χ4v) is 4.87. The minimum Gasteiger partial charge on any atom is -0.348 e. The summed E-state index contributed by atoms with van der Waals surface area (Å²) in [6.45, 7) is 1.32. The number of alkyl halides is 3. The molecular formula is C29H22F4N4O4S. The van der Waals surface area contributed by atoms with E-state index in [4.69, 9.17) is 5.26 Å². The Kier molecular flexibility index (Phi) is 8.31. The van der Waals surface area contributed by atoms with Gasteiger partial charge >= 0.3 is 6.18 Å². The molecule has 4 aromatic rings. The van der Waals surface area contributed by atoms with Gasteiger partial charge in [0.15, 0.2) is 9.84 Å². The maximum atomic E-state index is 14.3. The van der Waals surface area contributed by atoms with Crippen LogP contribution in [-0.2, 0) is 29.1 Å². The smallest absolute Gasteiger partial charge is 0.348 e. The summed E-state index contributed by atoms with van der Waals surface area (Å²) < 4.78 is 79.3. The number of nitrogens with zero attached hydrogens (tertiary/aromatic N) is 3. The number of hydrogen-bond acceptors (Lipinski definition) is 6. The Morgan fingerprint density at radius 1 is 1.07 bits per heavy atom.